The maximum absolute atomic E-state index is 13.2. The summed E-state index contributed by atoms with van der Waals surface area (Å²) in [6, 6.07) is 15.8. The average Bonchev–Trinajstić information content (AvgIpc) is 2.82. The second kappa shape index (κ2) is 10.9. The standard InChI is InChI=1S/C24H33N3O3S/c1-3-26(4-2)19-21-13-9-8-12-20(21)18-25-24(28)23-16-10-11-17-27(23)31(29,30)22-14-6-5-7-15-22/h5-9,12-15,23H,3-4,10-11,16-19H2,1-2H3,(H,25,28). The van der Waals surface area contributed by atoms with Crippen LogP contribution in [0.25, 0.3) is 0 Å². The molecule has 0 aromatic heterocycles. The van der Waals surface area contributed by atoms with Crippen molar-refractivity contribution in [3.05, 3.63) is 65.7 Å². The largest absolute Gasteiger partial charge is 0.351 e. The minimum atomic E-state index is -3.70. The van der Waals surface area contributed by atoms with Crippen LogP contribution in [0, 0.1) is 0 Å². The van der Waals surface area contributed by atoms with Crippen LogP contribution in [0.2, 0.25) is 0 Å². The van der Waals surface area contributed by atoms with E-state index in [1.807, 2.05) is 18.2 Å². The number of hydrogen-bond donors (Lipinski definition) is 1. The molecule has 7 heteroatoms. The van der Waals surface area contributed by atoms with Crippen LogP contribution in [0.3, 0.4) is 0 Å². The molecule has 0 saturated carbocycles. The van der Waals surface area contributed by atoms with Gasteiger partial charge in [-0.05, 0) is 49.2 Å². The third kappa shape index (κ3) is 5.73. The van der Waals surface area contributed by atoms with Crippen molar-refractivity contribution < 1.29 is 13.2 Å². The molecule has 2 aromatic carbocycles. The van der Waals surface area contributed by atoms with Gasteiger partial charge in [0.2, 0.25) is 15.9 Å². The molecule has 1 N–H and O–H groups in total. The van der Waals surface area contributed by atoms with Crippen LogP contribution < -0.4 is 5.32 Å². The zero-order chi connectivity index (χ0) is 22.3. The minimum absolute atomic E-state index is 0.225. The smallest absolute Gasteiger partial charge is 0.243 e. The lowest BCUT2D eigenvalue weighted by Gasteiger charge is -2.33. The Morgan fingerprint density at radius 2 is 1.65 bits per heavy atom. The molecule has 1 saturated heterocycles. The molecular formula is C24H33N3O3S. The van der Waals surface area contributed by atoms with Crippen LogP contribution in [-0.2, 0) is 27.9 Å². The summed E-state index contributed by atoms with van der Waals surface area (Å²) in [5.74, 6) is -0.225. The summed E-state index contributed by atoms with van der Waals surface area (Å²) < 4.78 is 27.7. The van der Waals surface area contributed by atoms with Crippen LogP contribution in [0.1, 0.15) is 44.2 Å². The average molecular weight is 444 g/mol. The molecule has 0 spiro atoms. The van der Waals surface area contributed by atoms with Crippen LogP contribution in [-0.4, -0.2) is 49.2 Å². The highest BCUT2D eigenvalue weighted by Gasteiger charge is 2.37. The molecule has 1 aliphatic heterocycles. The molecule has 1 fully saturated rings. The molecule has 1 aliphatic rings. The number of carbonyl (C=O) groups is 1. The van der Waals surface area contributed by atoms with E-state index in [1.165, 1.54) is 9.87 Å². The summed E-state index contributed by atoms with van der Waals surface area (Å²) >= 11 is 0. The molecule has 0 bridgehead atoms. The summed E-state index contributed by atoms with van der Waals surface area (Å²) in [5.41, 5.74) is 2.25. The summed E-state index contributed by atoms with van der Waals surface area (Å²) in [4.78, 5) is 15.6. The van der Waals surface area contributed by atoms with E-state index in [-0.39, 0.29) is 10.8 Å². The van der Waals surface area contributed by atoms with Crippen LogP contribution in [0.4, 0.5) is 0 Å². The van der Waals surface area contributed by atoms with Crippen molar-refractivity contribution in [3.8, 4) is 0 Å². The number of sulfonamides is 1. The Morgan fingerprint density at radius 3 is 2.32 bits per heavy atom. The molecule has 31 heavy (non-hydrogen) atoms. The van der Waals surface area contributed by atoms with Crippen molar-refractivity contribution in [2.45, 2.75) is 57.1 Å². The zero-order valence-electron chi connectivity index (χ0n) is 18.5. The lowest BCUT2D eigenvalue weighted by atomic mass is 10.0. The maximum atomic E-state index is 13.2. The maximum Gasteiger partial charge on any atom is 0.243 e. The van der Waals surface area contributed by atoms with Gasteiger partial charge in [0.1, 0.15) is 6.04 Å². The third-order valence-electron chi connectivity index (χ3n) is 5.97. The second-order valence-corrected chi connectivity index (χ2v) is 9.78. The molecule has 3 rings (SSSR count). The third-order valence-corrected chi connectivity index (χ3v) is 7.89. The fraction of sp³-hybridized carbons (Fsp3) is 0.458. The number of benzene rings is 2. The predicted molar refractivity (Wildman–Crippen MR) is 123 cm³/mol. The predicted octanol–water partition coefficient (Wildman–Crippen LogP) is 3.39. The Balaban J connectivity index is 1.73. The fourth-order valence-electron chi connectivity index (χ4n) is 4.06. The van der Waals surface area contributed by atoms with Crippen LogP contribution in [0.5, 0.6) is 0 Å². The lowest BCUT2D eigenvalue weighted by molar-refractivity contribution is -0.125. The van der Waals surface area contributed by atoms with E-state index in [0.29, 0.717) is 19.5 Å². The first-order valence-corrected chi connectivity index (χ1v) is 12.5. The summed E-state index contributed by atoms with van der Waals surface area (Å²) in [7, 11) is -3.70. The van der Waals surface area contributed by atoms with Crippen molar-refractivity contribution in [1.29, 1.82) is 0 Å². The molecule has 2 aromatic rings. The molecule has 6 nitrogen and oxygen atoms in total. The molecular weight excluding hydrogens is 410 g/mol. The summed E-state index contributed by atoms with van der Waals surface area (Å²) in [6.07, 6.45) is 2.15. The molecule has 1 amide bonds. The van der Waals surface area contributed by atoms with Crippen molar-refractivity contribution in [2.24, 2.45) is 0 Å². The number of carbonyl (C=O) groups excluding carboxylic acids is 1. The molecule has 0 radical (unpaired) electrons. The summed E-state index contributed by atoms with van der Waals surface area (Å²) in [5, 5.41) is 3.01. The number of amides is 1. The fourth-order valence-corrected chi connectivity index (χ4v) is 5.73. The first-order valence-electron chi connectivity index (χ1n) is 11.1. The van der Waals surface area contributed by atoms with Gasteiger partial charge >= 0.3 is 0 Å². The molecule has 168 valence electrons. The Labute approximate surface area is 186 Å². The van der Waals surface area contributed by atoms with Crippen molar-refractivity contribution >= 4 is 15.9 Å². The number of nitrogens with one attached hydrogen (secondary N) is 1. The number of nitrogens with zero attached hydrogens (tertiary/aromatic N) is 2. The monoisotopic (exact) mass is 443 g/mol. The first kappa shape index (κ1) is 23.4. The van der Waals surface area contributed by atoms with Crippen LogP contribution >= 0.6 is 0 Å². The Kier molecular flexibility index (Phi) is 8.23. The highest BCUT2D eigenvalue weighted by molar-refractivity contribution is 7.89. The highest BCUT2D eigenvalue weighted by atomic mass is 32.2. The Hall–Kier alpha value is -2.22. The molecule has 1 unspecified atom stereocenters. The van der Waals surface area contributed by atoms with E-state index in [1.54, 1.807) is 30.3 Å². The molecule has 1 atom stereocenters. The highest BCUT2D eigenvalue weighted by Crippen LogP contribution is 2.25. The van der Waals surface area contributed by atoms with Crippen molar-refractivity contribution in [1.82, 2.24) is 14.5 Å². The van der Waals surface area contributed by atoms with E-state index in [0.717, 1.165) is 38.0 Å². The van der Waals surface area contributed by atoms with E-state index in [9.17, 15) is 13.2 Å². The summed E-state index contributed by atoms with van der Waals surface area (Å²) in [6.45, 7) is 7.80. The Bertz CT molecular complexity index is 959. The lowest BCUT2D eigenvalue weighted by Crippen LogP contribution is -2.51. The van der Waals surface area contributed by atoms with E-state index in [2.05, 4.69) is 30.1 Å². The Morgan fingerprint density at radius 1 is 1.00 bits per heavy atom. The quantitative estimate of drug-likeness (QED) is 0.645. The van der Waals surface area contributed by atoms with Gasteiger partial charge in [-0.3, -0.25) is 9.69 Å². The normalized spacial score (nSPS) is 17.6. The minimum Gasteiger partial charge on any atom is -0.351 e. The number of hydrogen-bond acceptors (Lipinski definition) is 4. The van der Waals surface area contributed by atoms with Gasteiger partial charge in [0.25, 0.3) is 0 Å². The topological polar surface area (TPSA) is 69.7 Å². The number of rotatable bonds is 9. The zero-order valence-corrected chi connectivity index (χ0v) is 19.3. The van der Waals surface area contributed by atoms with Gasteiger partial charge in [0.05, 0.1) is 4.90 Å². The van der Waals surface area contributed by atoms with E-state index in [4.69, 9.17) is 0 Å². The van der Waals surface area contributed by atoms with Gasteiger partial charge in [-0.15, -0.1) is 0 Å². The molecule has 1 heterocycles. The first-order chi connectivity index (χ1) is 15.0. The SMILES string of the molecule is CCN(CC)Cc1ccccc1CNC(=O)C1CCCCN1S(=O)(=O)c1ccccc1. The molecule has 0 aliphatic carbocycles. The van der Waals surface area contributed by atoms with E-state index < -0.39 is 16.1 Å². The van der Waals surface area contributed by atoms with Crippen molar-refractivity contribution in [3.63, 3.8) is 0 Å². The van der Waals surface area contributed by atoms with Gasteiger partial charge < -0.3 is 5.32 Å². The van der Waals surface area contributed by atoms with E-state index >= 15 is 0 Å². The van der Waals surface area contributed by atoms with Crippen molar-refractivity contribution in [2.75, 3.05) is 19.6 Å². The van der Waals surface area contributed by atoms with Gasteiger partial charge in [-0.1, -0.05) is 62.7 Å². The van der Waals surface area contributed by atoms with Gasteiger partial charge in [-0.25, -0.2) is 8.42 Å². The van der Waals surface area contributed by atoms with Gasteiger partial charge in [-0.2, -0.15) is 4.31 Å². The number of piperidine rings is 1. The van der Waals surface area contributed by atoms with Crippen LogP contribution in [0.15, 0.2) is 59.5 Å². The van der Waals surface area contributed by atoms with Gasteiger partial charge in [0, 0.05) is 19.6 Å². The second-order valence-electron chi connectivity index (χ2n) is 7.89. The van der Waals surface area contributed by atoms with Gasteiger partial charge in [0.15, 0.2) is 0 Å².